The Hall–Kier alpha value is -0.623. The van der Waals surface area contributed by atoms with E-state index in [9.17, 15) is 0 Å². The van der Waals surface area contributed by atoms with Gasteiger partial charge in [-0.2, -0.15) is 0 Å². The summed E-state index contributed by atoms with van der Waals surface area (Å²) < 4.78 is 4.55. The fourth-order valence-electron chi connectivity index (χ4n) is 3.04. The van der Waals surface area contributed by atoms with Crippen molar-refractivity contribution in [2.75, 3.05) is 0 Å². The zero-order valence-corrected chi connectivity index (χ0v) is 19.6. The molecule has 0 atom stereocenters. The first-order valence-corrected chi connectivity index (χ1v) is 13.3. The van der Waals surface area contributed by atoms with Crippen molar-refractivity contribution in [3.8, 4) is 5.69 Å². The molecule has 0 unspecified atom stereocenters. The number of imidazole rings is 1. The maximum absolute atomic E-state index is 2.46. The summed E-state index contributed by atoms with van der Waals surface area (Å²) >= 11 is 0. The van der Waals surface area contributed by atoms with E-state index in [-0.39, 0.29) is 24.0 Å². The first-order valence-electron chi connectivity index (χ1n) is 9.64. The van der Waals surface area contributed by atoms with Crippen LogP contribution in [0.4, 0.5) is 0 Å². The van der Waals surface area contributed by atoms with Crippen LogP contribution < -0.4 is 28.5 Å². The van der Waals surface area contributed by atoms with E-state index in [1.807, 2.05) is 0 Å². The lowest BCUT2D eigenvalue weighted by molar-refractivity contribution is -0.696. The van der Waals surface area contributed by atoms with Crippen molar-refractivity contribution in [2.24, 2.45) is 0 Å². The zero-order valence-electron chi connectivity index (χ0n) is 16.5. The van der Waals surface area contributed by atoms with Crippen molar-refractivity contribution in [1.82, 2.24) is 4.57 Å². The van der Waals surface area contributed by atoms with Crippen molar-refractivity contribution in [2.45, 2.75) is 77.7 Å². The SMILES string of the molecule is CCCCCc1ccc(-n2cc[n+](CCCC[Si](C)(C)C)c2)cc1.[I-]. The number of benzene rings is 1. The molecule has 25 heavy (non-hydrogen) atoms. The molecule has 1 aromatic carbocycles. The van der Waals surface area contributed by atoms with Crippen LogP contribution in [0.15, 0.2) is 43.0 Å². The molecule has 0 fully saturated rings. The van der Waals surface area contributed by atoms with Crippen molar-refractivity contribution < 1.29 is 28.5 Å². The molecule has 0 aliphatic carbocycles. The van der Waals surface area contributed by atoms with E-state index >= 15 is 0 Å². The highest BCUT2D eigenvalue weighted by molar-refractivity contribution is 6.76. The summed E-state index contributed by atoms with van der Waals surface area (Å²) in [5.41, 5.74) is 2.72. The fourth-order valence-corrected chi connectivity index (χ4v) is 4.35. The smallest absolute Gasteiger partial charge is 0.248 e. The molecule has 0 spiro atoms. The monoisotopic (exact) mass is 470 g/mol. The van der Waals surface area contributed by atoms with Gasteiger partial charge in [-0.1, -0.05) is 64.0 Å². The molecule has 0 N–H and O–H groups in total. The molecule has 2 rings (SSSR count). The number of aryl methyl sites for hydroxylation is 2. The standard InChI is InChI=1S/C21H35N2Si.HI/c1-5-6-7-10-20-11-13-21(14-12-20)23-17-16-22(19-23)15-8-9-18-24(2,3)4;/h11-14,16-17,19H,5-10,15,18H2,1-4H3;1H/q+1;/p-1. The Morgan fingerprint density at radius 1 is 0.960 bits per heavy atom. The first kappa shape index (κ1) is 22.4. The van der Waals surface area contributed by atoms with Crippen LogP contribution in [-0.2, 0) is 13.0 Å². The average Bonchev–Trinajstić information content (AvgIpc) is 3.00. The van der Waals surface area contributed by atoms with Gasteiger partial charge in [-0.3, -0.25) is 0 Å². The van der Waals surface area contributed by atoms with E-state index in [0.717, 1.165) is 6.54 Å². The molecule has 2 aromatic rings. The van der Waals surface area contributed by atoms with Crippen LogP contribution >= 0.6 is 0 Å². The fraction of sp³-hybridized carbons (Fsp3) is 0.571. The average molecular weight is 471 g/mol. The minimum Gasteiger partial charge on any atom is -1.00 e. The number of rotatable bonds is 10. The number of aromatic nitrogens is 2. The summed E-state index contributed by atoms with van der Waals surface area (Å²) in [6.45, 7) is 10.8. The van der Waals surface area contributed by atoms with E-state index in [0.29, 0.717) is 0 Å². The minimum absolute atomic E-state index is 0. The Balaban J connectivity index is 0.00000312. The molecule has 0 aliphatic rings. The van der Waals surface area contributed by atoms with E-state index in [2.05, 4.69) is 78.7 Å². The number of halogens is 1. The molecule has 0 bridgehead atoms. The van der Waals surface area contributed by atoms with Gasteiger partial charge in [0.2, 0.25) is 6.33 Å². The summed E-state index contributed by atoms with van der Waals surface area (Å²) in [7, 11) is -0.875. The van der Waals surface area contributed by atoms with Gasteiger partial charge in [-0.05, 0) is 37.0 Å². The van der Waals surface area contributed by atoms with Crippen LogP contribution in [0.25, 0.3) is 5.69 Å². The molecule has 0 amide bonds. The summed E-state index contributed by atoms with van der Waals surface area (Å²) in [4.78, 5) is 0. The lowest BCUT2D eigenvalue weighted by Crippen LogP contribution is -3.00. The second kappa shape index (κ2) is 11.2. The molecule has 1 aromatic heterocycles. The Morgan fingerprint density at radius 2 is 1.68 bits per heavy atom. The van der Waals surface area contributed by atoms with Gasteiger partial charge in [-0.15, -0.1) is 0 Å². The van der Waals surface area contributed by atoms with E-state index in [1.54, 1.807) is 0 Å². The highest BCUT2D eigenvalue weighted by Crippen LogP contribution is 2.13. The van der Waals surface area contributed by atoms with E-state index in [1.165, 1.54) is 55.8 Å². The third kappa shape index (κ3) is 8.54. The van der Waals surface area contributed by atoms with Crippen LogP contribution in [-0.4, -0.2) is 12.6 Å². The van der Waals surface area contributed by atoms with Crippen molar-refractivity contribution in [1.29, 1.82) is 0 Å². The Bertz CT molecular complexity index is 599. The number of hydrogen-bond donors (Lipinski definition) is 0. The number of hydrogen-bond acceptors (Lipinski definition) is 0. The van der Waals surface area contributed by atoms with Gasteiger partial charge in [-0.25, -0.2) is 9.13 Å². The third-order valence-electron chi connectivity index (χ3n) is 4.59. The summed E-state index contributed by atoms with van der Waals surface area (Å²) in [6.07, 6.45) is 14.4. The Kier molecular flexibility index (Phi) is 10.0. The van der Waals surface area contributed by atoms with Gasteiger partial charge in [0.1, 0.15) is 18.1 Å². The van der Waals surface area contributed by atoms with Crippen molar-refractivity contribution in [3.63, 3.8) is 0 Å². The molecule has 0 saturated heterocycles. The highest BCUT2D eigenvalue weighted by Gasteiger charge is 2.12. The second-order valence-corrected chi connectivity index (χ2v) is 13.8. The maximum Gasteiger partial charge on any atom is 0.248 e. The number of unbranched alkanes of at least 4 members (excludes halogenated alkanes) is 3. The molecule has 1 heterocycles. The molecule has 140 valence electrons. The molecule has 0 saturated carbocycles. The van der Waals surface area contributed by atoms with Crippen LogP contribution in [0.5, 0.6) is 0 Å². The van der Waals surface area contributed by atoms with E-state index < -0.39 is 8.07 Å². The molecule has 2 nitrogen and oxygen atoms in total. The number of nitrogens with zero attached hydrogens (tertiary/aromatic N) is 2. The molecule has 0 radical (unpaired) electrons. The third-order valence-corrected chi connectivity index (χ3v) is 6.44. The topological polar surface area (TPSA) is 8.81 Å². The van der Waals surface area contributed by atoms with Gasteiger partial charge in [0.15, 0.2) is 0 Å². The van der Waals surface area contributed by atoms with Crippen LogP contribution in [0.3, 0.4) is 0 Å². The second-order valence-electron chi connectivity index (χ2n) is 8.20. The lowest BCUT2D eigenvalue weighted by Gasteiger charge is -2.14. The van der Waals surface area contributed by atoms with E-state index in [4.69, 9.17) is 0 Å². The lowest BCUT2D eigenvalue weighted by atomic mass is 10.1. The zero-order chi connectivity index (χ0) is 17.4. The summed E-state index contributed by atoms with van der Waals surface area (Å²) in [5, 5.41) is 0. The van der Waals surface area contributed by atoms with Crippen LogP contribution in [0.1, 0.15) is 44.6 Å². The quantitative estimate of drug-likeness (QED) is 0.219. The normalized spacial score (nSPS) is 11.4. The molecule has 4 heteroatoms. The van der Waals surface area contributed by atoms with Gasteiger partial charge in [0, 0.05) is 8.07 Å². The van der Waals surface area contributed by atoms with Gasteiger partial charge < -0.3 is 24.0 Å². The van der Waals surface area contributed by atoms with Crippen LogP contribution in [0.2, 0.25) is 25.7 Å². The summed E-state index contributed by atoms with van der Waals surface area (Å²) in [6, 6.07) is 10.5. The molecular weight excluding hydrogens is 435 g/mol. The van der Waals surface area contributed by atoms with Crippen LogP contribution in [0, 0.1) is 0 Å². The molecule has 0 aliphatic heterocycles. The first-order chi connectivity index (χ1) is 11.5. The summed E-state index contributed by atoms with van der Waals surface area (Å²) in [5.74, 6) is 0. The van der Waals surface area contributed by atoms with Crippen molar-refractivity contribution >= 4 is 8.07 Å². The Morgan fingerprint density at radius 3 is 2.32 bits per heavy atom. The highest BCUT2D eigenvalue weighted by atomic mass is 127. The predicted molar refractivity (Wildman–Crippen MR) is 107 cm³/mol. The van der Waals surface area contributed by atoms with Gasteiger partial charge in [0.25, 0.3) is 0 Å². The Labute approximate surface area is 172 Å². The minimum atomic E-state index is -0.875. The van der Waals surface area contributed by atoms with Gasteiger partial charge >= 0.3 is 0 Å². The van der Waals surface area contributed by atoms with Gasteiger partial charge in [0.05, 0.1) is 6.54 Å². The largest absolute Gasteiger partial charge is 1.00 e. The molecular formula is C21H35IN2Si. The van der Waals surface area contributed by atoms with Crippen molar-refractivity contribution in [3.05, 3.63) is 48.5 Å². The maximum atomic E-state index is 2.46. The predicted octanol–water partition coefficient (Wildman–Crippen LogP) is 2.62.